The Morgan fingerprint density at radius 1 is 0.955 bits per heavy atom. The van der Waals surface area contributed by atoms with E-state index in [9.17, 15) is 22.8 Å². The van der Waals surface area contributed by atoms with Gasteiger partial charge in [0, 0.05) is 12.2 Å². The lowest BCUT2D eigenvalue weighted by atomic mass is 10.5. The molecule has 0 saturated carbocycles. The zero-order valence-electron chi connectivity index (χ0n) is 13.2. The molecule has 0 aliphatic heterocycles. The van der Waals surface area contributed by atoms with Crippen LogP contribution in [0.1, 0.15) is 0 Å². The zero-order valence-corrected chi connectivity index (χ0v) is 15.2. The number of rotatable bonds is 7. The fraction of sp³-hybridized carbons (Fsp3) is 0.667. The summed E-state index contributed by atoms with van der Waals surface area (Å²) in [4.78, 5) is 22.4. The predicted octanol–water partition coefficient (Wildman–Crippen LogP) is 2.79. The van der Waals surface area contributed by atoms with Crippen molar-refractivity contribution in [1.82, 2.24) is 0 Å². The highest BCUT2D eigenvalue weighted by Gasteiger charge is 2.31. The number of ether oxygens (including phenoxy) is 2. The molecule has 0 saturated heterocycles. The van der Waals surface area contributed by atoms with Gasteiger partial charge in [-0.15, -0.1) is 0 Å². The van der Waals surface area contributed by atoms with E-state index in [1.165, 1.54) is 0 Å². The molecule has 0 heterocycles. The molecule has 5 nitrogen and oxygen atoms in total. The van der Waals surface area contributed by atoms with Gasteiger partial charge in [-0.2, -0.15) is 13.2 Å². The van der Waals surface area contributed by atoms with Crippen molar-refractivity contribution in [3.63, 3.8) is 0 Å². The lowest BCUT2D eigenvalue weighted by Crippen LogP contribution is -2.46. The number of esters is 2. The summed E-state index contributed by atoms with van der Waals surface area (Å²) in [5.41, 5.74) is 0. The standard InChI is InChI=1S/C12H21F3O5Si2/c1-21(2,3)20-22(4,5)9-19-11(17)7-6-10(16)18-8-12(13,14)15/h6-7H,8-9H2,1-5H3/b7-6+. The van der Waals surface area contributed by atoms with Gasteiger partial charge >= 0.3 is 18.1 Å². The second-order valence-electron chi connectivity index (χ2n) is 6.14. The zero-order chi connectivity index (χ0) is 17.6. The van der Waals surface area contributed by atoms with E-state index in [1.807, 2.05) is 32.7 Å². The Balaban J connectivity index is 4.23. The Bertz CT molecular complexity index is 427. The van der Waals surface area contributed by atoms with Gasteiger partial charge in [0.1, 0.15) is 6.23 Å². The van der Waals surface area contributed by atoms with E-state index in [0.29, 0.717) is 6.08 Å². The van der Waals surface area contributed by atoms with Crippen molar-refractivity contribution in [3.8, 4) is 0 Å². The molecule has 0 rings (SSSR count). The molecule has 0 aliphatic carbocycles. The van der Waals surface area contributed by atoms with Crippen LogP contribution in [0.5, 0.6) is 0 Å². The second kappa shape index (κ2) is 7.93. The van der Waals surface area contributed by atoms with Gasteiger partial charge in [0.25, 0.3) is 0 Å². The highest BCUT2D eigenvalue weighted by atomic mass is 28.4. The van der Waals surface area contributed by atoms with Gasteiger partial charge in [0.2, 0.25) is 8.32 Å². The predicted molar refractivity (Wildman–Crippen MR) is 79.0 cm³/mol. The minimum Gasteiger partial charge on any atom is -0.463 e. The van der Waals surface area contributed by atoms with Crippen LogP contribution in [0.15, 0.2) is 12.2 Å². The molecule has 0 bridgehead atoms. The lowest BCUT2D eigenvalue weighted by Gasteiger charge is -2.30. The average molecular weight is 358 g/mol. The van der Waals surface area contributed by atoms with Crippen molar-refractivity contribution in [2.45, 2.75) is 38.9 Å². The van der Waals surface area contributed by atoms with Crippen LogP contribution >= 0.6 is 0 Å². The van der Waals surface area contributed by atoms with Crippen LogP contribution < -0.4 is 0 Å². The summed E-state index contributed by atoms with van der Waals surface area (Å²) in [6.45, 7) is 8.12. The molecule has 0 aromatic rings. The Kier molecular flexibility index (Phi) is 7.52. The van der Waals surface area contributed by atoms with Gasteiger partial charge in [-0.1, -0.05) is 0 Å². The lowest BCUT2D eigenvalue weighted by molar-refractivity contribution is -0.182. The summed E-state index contributed by atoms with van der Waals surface area (Å²) in [6.07, 6.45) is -3.18. The van der Waals surface area contributed by atoms with Gasteiger partial charge in [0.15, 0.2) is 14.9 Å². The summed E-state index contributed by atoms with van der Waals surface area (Å²) in [5, 5.41) is 0. The minimum atomic E-state index is -4.60. The normalized spacial score (nSPS) is 13.3. The van der Waals surface area contributed by atoms with Crippen LogP contribution in [0.3, 0.4) is 0 Å². The molecule has 0 fully saturated rings. The maximum atomic E-state index is 11.8. The molecule has 22 heavy (non-hydrogen) atoms. The van der Waals surface area contributed by atoms with Crippen molar-refractivity contribution in [2.24, 2.45) is 0 Å². The van der Waals surface area contributed by atoms with Crippen LogP contribution in [0, 0.1) is 0 Å². The molecule has 0 aliphatic rings. The van der Waals surface area contributed by atoms with Gasteiger partial charge in [-0.25, -0.2) is 9.59 Å². The molecule has 0 N–H and O–H groups in total. The van der Waals surface area contributed by atoms with E-state index >= 15 is 0 Å². The molecule has 0 aromatic carbocycles. The summed E-state index contributed by atoms with van der Waals surface area (Å²) >= 11 is 0. The van der Waals surface area contributed by atoms with E-state index in [-0.39, 0.29) is 6.23 Å². The van der Waals surface area contributed by atoms with Crippen molar-refractivity contribution >= 4 is 28.6 Å². The Hall–Kier alpha value is -1.14. The highest BCUT2D eigenvalue weighted by molar-refractivity contribution is 6.84. The minimum absolute atomic E-state index is 0.0953. The quantitative estimate of drug-likeness (QED) is 0.398. The first-order chi connectivity index (χ1) is 9.70. The molecule has 0 aromatic heterocycles. The molecular formula is C12H21F3O5Si2. The number of hydrogen-bond acceptors (Lipinski definition) is 5. The average Bonchev–Trinajstić information content (AvgIpc) is 2.27. The third kappa shape index (κ3) is 12.6. The molecule has 0 atom stereocenters. The SMILES string of the molecule is C[Si](C)(C)O[Si](C)(C)COC(=O)/C=C/C(=O)OCC(F)(F)F. The Morgan fingerprint density at radius 3 is 1.82 bits per heavy atom. The smallest absolute Gasteiger partial charge is 0.422 e. The van der Waals surface area contributed by atoms with Gasteiger partial charge in [-0.3, -0.25) is 0 Å². The molecule has 128 valence electrons. The van der Waals surface area contributed by atoms with E-state index in [4.69, 9.17) is 8.85 Å². The number of carbonyl (C=O) groups is 2. The van der Waals surface area contributed by atoms with Crippen molar-refractivity contribution in [3.05, 3.63) is 12.2 Å². The number of carbonyl (C=O) groups excluding carboxylic acids is 2. The highest BCUT2D eigenvalue weighted by Crippen LogP contribution is 2.15. The van der Waals surface area contributed by atoms with Crippen LogP contribution in [-0.2, 0) is 23.2 Å². The van der Waals surface area contributed by atoms with E-state index < -0.39 is 41.4 Å². The monoisotopic (exact) mass is 358 g/mol. The van der Waals surface area contributed by atoms with Crippen molar-refractivity contribution in [2.75, 3.05) is 12.8 Å². The summed E-state index contributed by atoms with van der Waals surface area (Å²) in [5.74, 6) is -2.09. The van der Waals surface area contributed by atoms with Crippen molar-refractivity contribution < 1.29 is 36.3 Å². The van der Waals surface area contributed by atoms with Gasteiger partial charge in [0.05, 0.1) is 0 Å². The fourth-order valence-corrected chi connectivity index (χ4v) is 8.85. The molecule has 0 amide bonds. The Morgan fingerprint density at radius 2 is 1.41 bits per heavy atom. The summed E-state index contributed by atoms with van der Waals surface area (Å²) < 4.78 is 50.2. The Labute approximate surface area is 129 Å². The molecule has 0 spiro atoms. The van der Waals surface area contributed by atoms with E-state index in [1.54, 1.807) is 0 Å². The molecule has 10 heteroatoms. The first-order valence-corrected chi connectivity index (χ1v) is 13.0. The number of halogens is 3. The summed E-state index contributed by atoms with van der Waals surface area (Å²) in [7, 11) is -3.94. The molecular weight excluding hydrogens is 337 g/mol. The maximum absolute atomic E-state index is 11.8. The topological polar surface area (TPSA) is 61.8 Å². The third-order valence-corrected chi connectivity index (χ3v) is 7.38. The van der Waals surface area contributed by atoms with E-state index in [0.717, 1.165) is 6.08 Å². The molecule has 0 unspecified atom stereocenters. The third-order valence-electron chi connectivity index (χ3n) is 1.88. The second-order valence-corrected chi connectivity index (χ2v) is 15.0. The number of alkyl halides is 3. The fourth-order valence-electron chi connectivity index (χ4n) is 1.49. The van der Waals surface area contributed by atoms with Crippen LogP contribution in [0.4, 0.5) is 13.2 Å². The van der Waals surface area contributed by atoms with Gasteiger partial charge in [-0.05, 0) is 32.7 Å². The van der Waals surface area contributed by atoms with Gasteiger partial charge < -0.3 is 13.6 Å². The van der Waals surface area contributed by atoms with Crippen molar-refractivity contribution in [1.29, 1.82) is 0 Å². The first kappa shape index (κ1) is 20.9. The van der Waals surface area contributed by atoms with Crippen LogP contribution in [0.25, 0.3) is 0 Å². The number of hydrogen-bond donors (Lipinski definition) is 0. The van der Waals surface area contributed by atoms with E-state index in [2.05, 4.69) is 4.74 Å². The van der Waals surface area contributed by atoms with Crippen LogP contribution in [0.2, 0.25) is 32.7 Å². The summed E-state index contributed by atoms with van der Waals surface area (Å²) in [6, 6.07) is 0. The van der Waals surface area contributed by atoms with Crippen LogP contribution in [-0.4, -0.2) is 47.6 Å². The first-order valence-electron chi connectivity index (χ1n) is 6.49. The largest absolute Gasteiger partial charge is 0.463 e. The maximum Gasteiger partial charge on any atom is 0.422 e. The molecule has 0 radical (unpaired) electrons.